The summed E-state index contributed by atoms with van der Waals surface area (Å²) in [5.41, 5.74) is 1.55. The van der Waals surface area contributed by atoms with Crippen LogP contribution in [0.1, 0.15) is 11.4 Å². The first-order valence-corrected chi connectivity index (χ1v) is 8.33. The second kappa shape index (κ2) is 5.26. The maximum Gasteiger partial charge on any atom is 0.265 e. The van der Waals surface area contributed by atoms with E-state index in [1.165, 1.54) is 0 Å². The smallest absolute Gasteiger partial charge is 0.265 e. The van der Waals surface area contributed by atoms with Gasteiger partial charge in [0.25, 0.3) is 10.0 Å². The zero-order chi connectivity index (χ0) is 14.0. The van der Waals surface area contributed by atoms with Gasteiger partial charge in [-0.2, -0.15) is 5.10 Å². The summed E-state index contributed by atoms with van der Waals surface area (Å²) in [6, 6.07) is 7.27. The van der Waals surface area contributed by atoms with Crippen molar-refractivity contribution in [2.75, 3.05) is 11.0 Å². The molecule has 7 heteroatoms. The number of aryl methyl sites for hydroxylation is 2. The lowest BCUT2D eigenvalue weighted by Gasteiger charge is -2.09. The highest BCUT2D eigenvalue weighted by atomic mass is 32.2. The molecule has 0 amide bonds. The molecule has 1 aromatic carbocycles. The number of aromatic nitrogens is 2. The van der Waals surface area contributed by atoms with Gasteiger partial charge in [-0.15, -0.1) is 11.8 Å². The minimum Gasteiger partial charge on any atom is -0.281 e. The first kappa shape index (κ1) is 14.0. The van der Waals surface area contributed by atoms with E-state index in [0.29, 0.717) is 17.1 Å². The number of H-pyrrole nitrogens is 1. The molecule has 0 fully saturated rings. The Morgan fingerprint density at radius 1 is 1.32 bits per heavy atom. The van der Waals surface area contributed by atoms with Crippen LogP contribution < -0.4 is 4.72 Å². The molecule has 0 spiro atoms. The van der Waals surface area contributed by atoms with E-state index in [-0.39, 0.29) is 4.90 Å². The third kappa shape index (κ3) is 2.93. The maximum atomic E-state index is 12.3. The van der Waals surface area contributed by atoms with E-state index < -0.39 is 10.0 Å². The van der Waals surface area contributed by atoms with Gasteiger partial charge < -0.3 is 0 Å². The van der Waals surface area contributed by atoms with Gasteiger partial charge in [-0.05, 0) is 38.3 Å². The average molecular weight is 297 g/mol. The monoisotopic (exact) mass is 297 g/mol. The highest BCUT2D eigenvalue weighted by Gasteiger charge is 2.22. The molecule has 0 aliphatic rings. The van der Waals surface area contributed by atoms with Crippen molar-refractivity contribution < 1.29 is 8.42 Å². The van der Waals surface area contributed by atoms with Gasteiger partial charge in [0, 0.05) is 10.6 Å². The summed E-state index contributed by atoms with van der Waals surface area (Å²) in [7, 11) is -3.61. The fraction of sp³-hybridized carbons (Fsp3) is 0.250. The molecule has 0 radical (unpaired) electrons. The number of hydrogen-bond acceptors (Lipinski definition) is 4. The number of thioether (sulfide) groups is 1. The Kier molecular flexibility index (Phi) is 3.86. The molecule has 0 atom stereocenters. The second-order valence-corrected chi connectivity index (χ2v) is 6.60. The van der Waals surface area contributed by atoms with Crippen molar-refractivity contribution in [3.8, 4) is 0 Å². The summed E-state index contributed by atoms with van der Waals surface area (Å²) in [5, 5.41) is 6.59. The van der Waals surface area contributed by atoms with Crippen LogP contribution in [-0.2, 0) is 10.0 Å². The summed E-state index contributed by atoms with van der Waals surface area (Å²) >= 11 is 1.56. The summed E-state index contributed by atoms with van der Waals surface area (Å²) in [6.45, 7) is 3.35. The minimum atomic E-state index is -3.61. The van der Waals surface area contributed by atoms with Gasteiger partial charge in [-0.25, -0.2) is 8.42 Å². The summed E-state index contributed by atoms with van der Waals surface area (Å²) in [4.78, 5) is 1.21. The highest BCUT2D eigenvalue weighted by molar-refractivity contribution is 7.98. The third-order valence-electron chi connectivity index (χ3n) is 2.65. The number of sulfonamides is 1. The molecule has 0 unspecified atom stereocenters. The quantitative estimate of drug-likeness (QED) is 0.850. The van der Waals surface area contributed by atoms with Gasteiger partial charge in [0.05, 0.1) is 11.4 Å². The van der Waals surface area contributed by atoms with Crippen molar-refractivity contribution in [1.29, 1.82) is 0 Å². The van der Waals surface area contributed by atoms with Crippen molar-refractivity contribution in [2.24, 2.45) is 0 Å². The van der Waals surface area contributed by atoms with Crippen LogP contribution in [0.4, 0.5) is 5.69 Å². The molecule has 2 N–H and O–H groups in total. The zero-order valence-corrected chi connectivity index (χ0v) is 12.5. The van der Waals surface area contributed by atoms with Crippen molar-refractivity contribution in [3.05, 3.63) is 35.7 Å². The van der Waals surface area contributed by atoms with Crippen LogP contribution in [0, 0.1) is 13.8 Å². The predicted molar refractivity (Wildman–Crippen MR) is 77.1 cm³/mol. The topological polar surface area (TPSA) is 74.8 Å². The summed E-state index contributed by atoms with van der Waals surface area (Å²) in [5.74, 6) is 0. The molecule has 0 aliphatic carbocycles. The number of anilines is 1. The lowest BCUT2D eigenvalue weighted by molar-refractivity contribution is 0.600. The summed E-state index contributed by atoms with van der Waals surface area (Å²) in [6.07, 6.45) is 1.94. The molecular weight excluding hydrogens is 282 g/mol. The first-order valence-electron chi connectivity index (χ1n) is 5.62. The first-order chi connectivity index (χ1) is 8.94. The van der Waals surface area contributed by atoms with Crippen LogP contribution in [0.5, 0.6) is 0 Å². The number of nitrogens with zero attached hydrogens (tertiary/aromatic N) is 1. The van der Waals surface area contributed by atoms with Gasteiger partial charge in [-0.3, -0.25) is 9.82 Å². The Balaban J connectivity index is 2.36. The lowest BCUT2D eigenvalue weighted by Crippen LogP contribution is -2.14. The van der Waals surface area contributed by atoms with E-state index in [0.717, 1.165) is 4.90 Å². The van der Waals surface area contributed by atoms with E-state index in [4.69, 9.17) is 0 Å². The number of hydrogen-bond donors (Lipinski definition) is 2. The normalized spacial score (nSPS) is 11.5. The van der Waals surface area contributed by atoms with Crippen LogP contribution in [0.25, 0.3) is 0 Å². The molecule has 102 valence electrons. The van der Waals surface area contributed by atoms with Crippen LogP contribution in [0.3, 0.4) is 0 Å². The average Bonchev–Trinajstić information content (AvgIpc) is 2.69. The Labute approximate surface area is 116 Å². The Bertz CT molecular complexity index is 673. The number of aromatic amines is 1. The maximum absolute atomic E-state index is 12.3. The molecule has 0 bridgehead atoms. The minimum absolute atomic E-state index is 0.210. The van der Waals surface area contributed by atoms with Crippen molar-refractivity contribution in [3.63, 3.8) is 0 Å². The van der Waals surface area contributed by atoms with Crippen molar-refractivity contribution in [2.45, 2.75) is 23.6 Å². The van der Waals surface area contributed by atoms with E-state index in [2.05, 4.69) is 14.9 Å². The largest absolute Gasteiger partial charge is 0.281 e. The van der Waals surface area contributed by atoms with E-state index in [9.17, 15) is 8.42 Å². The Morgan fingerprint density at radius 3 is 2.63 bits per heavy atom. The molecule has 2 rings (SSSR count). The molecule has 1 aromatic heterocycles. The van der Waals surface area contributed by atoms with Gasteiger partial charge >= 0.3 is 0 Å². The predicted octanol–water partition coefficient (Wildman–Crippen LogP) is 2.55. The second-order valence-electron chi connectivity index (χ2n) is 4.10. The molecule has 1 heterocycles. The molecule has 0 saturated heterocycles. The van der Waals surface area contributed by atoms with Crippen LogP contribution in [0.15, 0.2) is 34.1 Å². The number of rotatable bonds is 4. The molecule has 2 aromatic rings. The molecule has 0 saturated carbocycles. The standard InChI is InChI=1S/C12H15N3O2S2/c1-8-12(9(2)14-13-8)19(16,17)15-10-5-4-6-11(7-10)18-3/h4-7,15H,1-3H3,(H,13,14). The van der Waals surface area contributed by atoms with E-state index in [1.54, 1.807) is 37.7 Å². The summed E-state index contributed by atoms with van der Waals surface area (Å²) < 4.78 is 27.2. The molecule has 5 nitrogen and oxygen atoms in total. The van der Waals surface area contributed by atoms with E-state index in [1.807, 2.05) is 18.4 Å². The number of nitrogens with one attached hydrogen (secondary N) is 2. The van der Waals surface area contributed by atoms with Crippen LogP contribution >= 0.6 is 11.8 Å². The van der Waals surface area contributed by atoms with Gasteiger partial charge in [0.15, 0.2) is 0 Å². The van der Waals surface area contributed by atoms with Crippen molar-refractivity contribution in [1.82, 2.24) is 10.2 Å². The fourth-order valence-corrected chi connectivity index (χ4v) is 3.71. The SMILES string of the molecule is CSc1cccc(NS(=O)(=O)c2c(C)n[nH]c2C)c1. The van der Waals surface area contributed by atoms with Gasteiger partial charge in [0.1, 0.15) is 4.90 Å². The zero-order valence-electron chi connectivity index (χ0n) is 10.9. The van der Waals surface area contributed by atoms with Crippen LogP contribution in [0.2, 0.25) is 0 Å². The van der Waals surface area contributed by atoms with Gasteiger partial charge in [-0.1, -0.05) is 6.07 Å². The van der Waals surface area contributed by atoms with Crippen molar-refractivity contribution >= 4 is 27.5 Å². The van der Waals surface area contributed by atoms with Gasteiger partial charge in [0.2, 0.25) is 0 Å². The van der Waals surface area contributed by atoms with Crippen LogP contribution in [-0.4, -0.2) is 24.9 Å². The Morgan fingerprint density at radius 2 is 2.05 bits per heavy atom. The molecular formula is C12H15N3O2S2. The van der Waals surface area contributed by atoms with E-state index >= 15 is 0 Å². The highest BCUT2D eigenvalue weighted by Crippen LogP contribution is 2.23. The fourth-order valence-electron chi connectivity index (χ4n) is 1.83. The third-order valence-corrected chi connectivity index (χ3v) is 5.02. The lowest BCUT2D eigenvalue weighted by atomic mass is 10.3. The molecule has 19 heavy (non-hydrogen) atoms. The Hall–Kier alpha value is -1.47. The number of benzene rings is 1. The molecule has 0 aliphatic heterocycles.